The summed E-state index contributed by atoms with van der Waals surface area (Å²) in [6.45, 7) is 5.75. The van der Waals surface area contributed by atoms with Crippen molar-refractivity contribution in [1.29, 1.82) is 0 Å². The van der Waals surface area contributed by atoms with Gasteiger partial charge in [-0.3, -0.25) is 4.79 Å². The second-order valence-corrected chi connectivity index (χ2v) is 7.22. The Balaban J connectivity index is 3.25. The zero-order valence-electron chi connectivity index (χ0n) is 17.2. The Morgan fingerprint density at radius 2 is 1.12 bits per heavy atom. The number of rotatable bonds is 18. The fourth-order valence-electron chi connectivity index (χ4n) is 3.06. The summed E-state index contributed by atoms with van der Waals surface area (Å²) in [5.74, 6) is -0.745. The Kier molecular flexibility index (Phi) is 17.5. The van der Waals surface area contributed by atoms with Crippen LogP contribution in [0.1, 0.15) is 110 Å². The largest absolute Gasteiger partial charge is 0.464 e. The first kappa shape index (κ1) is 24.7. The lowest BCUT2D eigenvalue weighted by molar-refractivity contribution is -0.137. The Morgan fingerprint density at radius 3 is 1.50 bits per heavy atom. The van der Waals surface area contributed by atoms with Crippen LogP contribution in [0.3, 0.4) is 0 Å². The number of carbonyl (C=O) groups excluding carboxylic acids is 2. The molecule has 4 nitrogen and oxygen atoms in total. The molecule has 0 aromatic carbocycles. The van der Waals surface area contributed by atoms with Crippen molar-refractivity contribution in [2.45, 2.75) is 110 Å². The number of carbonyl (C=O) groups is 2. The fraction of sp³-hybridized carbons (Fsp3) is 0.818. The topological polar surface area (TPSA) is 55.4 Å². The van der Waals surface area contributed by atoms with Gasteiger partial charge < -0.3 is 10.1 Å². The molecule has 0 heterocycles. The van der Waals surface area contributed by atoms with E-state index in [9.17, 15) is 9.59 Å². The number of hydrogen-bond donors (Lipinski definition) is 1. The van der Waals surface area contributed by atoms with E-state index >= 15 is 0 Å². The standard InChI is InChI=1S/C22H41NO3/c1-4-5-6-7-8-9-10-11-12-13-14-15-16-17-18-19-21(24)23-20(2)22(25)26-3/h2,4-19H2,1,3H3,(H,23,24). The molecule has 0 aliphatic heterocycles. The third kappa shape index (κ3) is 16.2. The predicted molar refractivity (Wildman–Crippen MR) is 109 cm³/mol. The molecular formula is C22H41NO3. The zero-order chi connectivity index (χ0) is 19.5. The van der Waals surface area contributed by atoms with E-state index in [0.29, 0.717) is 6.42 Å². The lowest BCUT2D eigenvalue weighted by Gasteiger charge is -2.06. The summed E-state index contributed by atoms with van der Waals surface area (Å²) in [5, 5.41) is 2.47. The third-order valence-electron chi connectivity index (χ3n) is 4.73. The van der Waals surface area contributed by atoms with Crippen LogP contribution in [0.25, 0.3) is 0 Å². The number of nitrogens with one attached hydrogen (secondary N) is 1. The van der Waals surface area contributed by atoms with Gasteiger partial charge in [-0.15, -0.1) is 0 Å². The maximum absolute atomic E-state index is 11.6. The summed E-state index contributed by atoms with van der Waals surface area (Å²) >= 11 is 0. The van der Waals surface area contributed by atoms with Gasteiger partial charge in [0.2, 0.25) is 5.91 Å². The molecule has 0 unspecified atom stereocenters. The van der Waals surface area contributed by atoms with Crippen molar-refractivity contribution in [3.05, 3.63) is 12.3 Å². The molecule has 1 N–H and O–H groups in total. The Bertz CT molecular complexity index is 380. The molecule has 0 spiro atoms. The molecular weight excluding hydrogens is 326 g/mol. The van der Waals surface area contributed by atoms with Gasteiger partial charge in [0.15, 0.2) is 0 Å². The van der Waals surface area contributed by atoms with E-state index in [2.05, 4.69) is 23.6 Å². The van der Waals surface area contributed by atoms with E-state index < -0.39 is 5.97 Å². The molecule has 0 aromatic heterocycles. The van der Waals surface area contributed by atoms with Crippen LogP contribution in [0, 0.1) is 0 Å². The average molecular weight is 368 g/mol. The van der Waals surface area contributed by atoms with E-state index in [1.165, 1.54) is 90.6 Å². The molecule has 152 valence electrons. The van der Waals surface area contributed by atoms with E-state index in [1.807, 2.05) is 0 Å². The number of esters is 1. The summed E-state index contributed by atoms with van der Waals surface area (Å²) in [6.07, 6.45) is 20.0. The Labute approximate surface area is 161 Å². The molecule has 26 heavy (non-hydrogen) atoms. The van der Waals surface area contributed by atoms with Gasteiger partial charge in [0, 0.05) is 6.42 Å². The molecule has 0 radical (unpaired) electrons. The molecule has 0 rings (SSSR count). The van der Waals surface area contributed by atoms with Crippen molar-refractivity contribution in [3.63, 3.8) is 0 Å². The van der Waals surface area contributed by atoms with Gasteiger partial charge in [0.25, 0.3) is 0 Å². The highest BCUT2D eigenvalue weighted by Crippen LogP contribution is 2.13. The van der Waals surface area contributed by atoms with Gasteiger partial charge in [-0.25, -0.2) is 4.79 Å². The van der Waals surface area contributed by atoms with Gasteiger partial charge in [-0.1, -0.05) is 103 Å². The van der Waals surface area contributed by atoms with Gasteiger partial charge in [-0.05, 0) is 6.42 Å². The van der Waals surface area contributed by atoms with Crippen LogP contribution in [0.4, 0.5) is 0 Å². The number of unbranched alkanes of at least 4 members (excludes halogenated alkanes) is 14. The number of ether oxygens (including phenoxy) is 1. The molecule has 0 saturated heterocycles. The monoisotopic (exact) mass is 367 g/mol. The van der Waals surface area contributed by atoms with Crippen molar-refractivity contribution >= 4 is 11.9 Å². The van der Waals surface area contributed by atoms with Crippen molar-refractivity contribution in [3.8, 4) is 0 Å². The van der Waals surface area contributed by atoms with Gasteiger partial charge in [-0.2, -0.15) is 0 Å². The normalized spacial score (nSPS) is 10.5. The Hall–Kier alpha value is -1.32. The van der Waals surface area contributed by atoms with E-state index in [0.717, 1.165) is 12.8 Å². The molecule has 0 fully saturated rings. The molecule has 0 atom stereocenters. The van der Waals surface area contributed by atoms with Crippen LogP contribution in [-0.2, 0) is 14.3 Å². The molecule has 0 aromatic rings. The van der Waals surface area contributed by atoms with Crippen molar-refractivity contribution in [2.75, 3.05) is 7.11 Å². The van der Waals surface area contributed by atoms with Crippen LogP contribution in [0.15, 0.2) is 12.3 Å². The third-order valence-corrected chi connectivity index (χ3v) is 4.73. The van der Waals surface area contributed by atoms with E-state index in [1.54, 1.807) is 0 Å². The van der Waals surface area contributed by atoms with E-state index in [4.69, 9.17) is 0 Å². The maximum atomic E-state index is 11.6. The van der Waals surface area contributed by atoms with Gasteiger partial charge >= 0.3 is 5.97 Å². The maximum Gasteiger partial charge on any atom is 0.353 e. The second kappa shape index (κ2) is 18.5. The molecule has 0 aliphatic carbocycles. The first-order chi connectivity index (χ1) is 12.6. The molecule has 0 bridgehead atoms. The lowest BCUT2D eigenvalue weighted by Crippen LogP contribution is -2.27. The molecule has 0 saturated carbocycles. The molecule has 4 heteroatoms. The van der Waals surface area contributed by atoms with Crippen molar-refractivity contribution < 1.29 is 14.3 Å². The minimum Gasteiger partial charge on any atom is -0.464 e. The van der Waals surface area contributed by atoms with Gasteiger partial charge in [0.05, 0.1) is 7.11 Å². The first-order valence-corrected chi connectivity index (χ1v) is 10.7. The van der Waals surface area contributed by atoms with Crippen LogP contribution in [-0.4, -0.2) is 19.0 Å². The van der Waals surface area contributed by atoms with Crippen molar-refractivity contribution in [2.24, 2.45) is 0 Å². The van der Waals surface area contributed by atoms with Crippen LogP contribution >= 0.6 is 0 Å². The summed E-state index contributed by atoms with van der Waals surface area (Å²) < 4.78 is 4.49. The predicted octanol–water partition coefficient (Wildman–Crippen LogP) is 6.05. The molecule has 1 amide bonds. The summed E-state index contributed by atoms with van der Waals surface area (Å²) in [7, 11) is 1.27. The minimum absolute atomic E-state index is 0.0125. The second-order valence-electron chi connectivity index (χ2n) is 7.22. The van der Waals surface area contributed by atoms with Gasteiger partial charge in [0.1, 0.15) is 5.70 Å². The van der Waals surface area contributed by atoms with E-state index in [-0.39, 0.29) is 11.6 Å². The Morgan fingerprint density at radius 1 is 0.731 bits per heavy atom. The quantitative estimate of drug-likeness (QED) is 0.182. The first-order valence-electron chi connectivity index (χ1n) is 10.7. The SMILES string of the molecule is C=C(NC(=O)CCCCCCCCCCCCCCCCC)C(=O)OC. The minimum atomic E-state index is -0.588. The van der Waals surface area contributed by atoms with Crippen LogP contribution in [0.5, 0.6) is 0 Å². The number of methoxy groups -OCH3 is 1. The highest BCUT2D eigenvalue weighted by atomic mass is 16.5. The number of amides is 1. The number of hydrogen-bond acceptors (Lipinski definition) is 3. The zero-order valence-corrected chi connectivity index (χ0v) is 17.2. The summed E-state index contributed by atoms with van der Waals surface area (Å²) in [4.78, 5) is 22.8. The molecule has 0 aliphatic rings. The van der Waals surface area contributed by atoms with Crippen LogP contribution < -0.4 is 5.32 Å². The highest BCUT2D eigenvalue weighted by Gasteiger charge is 2.09. The summed E-state index contributed by atoms with van der Waals surface area (Å²) in [6, 6.07) is 0. The smallest absolute Gasteiger partial charge is 0.353 e. The fourth-order valence-corrected chi connectivity index (χ4v) is 3.06. The summed E-state index contributed by atoms with van der Waals surface area (Å²) in [5.41, 5.74) is 0.0125. The average Bonchev–Trinajstić information content (AvgIpc) is 2.64. The lowest BCUT2D eigenvalue weighted by atomic mass is 10.0. The highest BCUT2D eigenvalue weighted by molar-refractivity contribution is 5.93. The van der Waals surface area contributed by atoms with Crippen molar-refractivity contribution in [1.82, 2.24) is 5.32 Å². The van der Waals surface area contributed by atoms with Crippen LogP contribution in [0.2, 0.25) is 0 Å².